The predicted molar refractivity (Wildman–Crippen MR) is 67.1 cm³/mol. The fourth-order valence-electron chi connectivity index (χ4n) is 2.36. The molecule has 0 spiro atoms. The van der Waals surface area contributed by atoms with Gasteiger partial charge in [0.1, 0.15) is 0 Å². The summed E-state index contributed by atoms with van der Waals surface area (Å²) in [4.78, 5) is 0.269. The van der Waals surface area contributed by atoms with Crippen LogP contribution in [0.1, 0.15) is 18.4 Å². The SMILES string of the molecule is NS(=O)(=O)c1ccccc1CC1CCCNC1. The van der Waals surface area contributed by atoms with Crippen molar-refractivity contribution in [1.29, 1.82) is 0 Å². The summed E-state index contributed by atoms with van der Waals surface area (Å²) in [7, 11) is -3.60. The first kappa shape index (κ1) is 12.5. The van der Waals surface area contributed by atoms with Gasteiger partial charge in [-0.2, -0.15) is 0 Å². The van der Waals surface area contributed by atoms with Crippen molar-refractivity contribution >= 4 is 10.0 Å². The maximum atomic E-state index is 11.5. The Balaban J connectivity index is 2.20. The van der Waals surface area contributed by atoms with Crippen LogP contribution in [0.4, 0.5) is 0 Å². The van der Waals surface area contributed by atoms with Gasteiger partial charge in [0.15, 0.2) is 0 Å². The molecular weight excluding hydrogens is 236 g/mol. The molecule has 0 radical (unpaired) electrons. The number of hydrogen-bond donors (Lipinski definition) is 2. The van der Waals surface area contributed by atoms with E-state index in [1.807, 2.05) is 12.1 Å². The summed E-state index contributed by atoms with van der Waals surface area (Å²) in [5, 5.41) is 8.55. The van der Waals surface area contributed by atoms with Crippen LogP contribution >= 0.6 is 0 Å². The van der Waals surface area contributed by atoms with Crippen LogP contribution in [0.3, 0.4) is 0 Å². The van der Waals surface area contributed by atoms with Gasteiger partial charge in [0.2, 0.25) is 10.0 Å². The largest absolute Gasteiger partial charge is 0.316 e. The highest BCUT2D eigenvalue weighted by Gasteiger charge is 2.18. The van der Waals surface area contributed by atoms with Crippen molar-refractivity contribution in [2.75, 3.05) is 13.1 Å². The Kier molecular flexibility index (Phi) is 3.81. The zero-order valence-corrected chi connectivity index (χ0v) is 10.5. The number of sulfonamides is 1. The zero-order valence-electron chi connectivity index (χ0n) is 9.72. The number of nitrogens with one attached hydrogen (secondary N) is 1. The minimum absolute atomic E-state index is 0.269. The van der Waals surface area contributed by atoms with E-state index in [0.717, 1.165) is 37.9 Å². The summed E-state index contributed by atoms with van der Waals surface area (Å²) in [5.41, 5.74) is 0.837. The molecule has 94 valence electrons. The molecule has 0 bridgehead atoms. The minimum atomic E-state index is -3.60. The van der Waals surface area contributed by atoms with E-state index in [4.69, 9.17) is 5.14 Å². The van der Waals surface area contributed by atoms with Crippen molar-refractivity contribution < 1.29 is 8.42 Å². The summed E-state index contributed by atoms with van der Waals surface area (Å²) >= 11 is 0. The van der Waals surface area contributed by atoms with Crippen molar-refractivity contribution in [3.8, 4) is 0 Å². The van der Waals surface area contributed by atoms with Gasteiger partial charge in [0.05, 0.1) is 4.90 Å². The van der Waals surface area contributed by atoms with Gasteiger partial charge in [-0.05, 0) is 49.9 Å². The van der Waals surface area contributed by atoms with Gasteiger partial charge in [-0.3, -0.25) is 0 Å². The van der Waals surface area contributed by atoms with Gasteiger partial charge in [-0.15, -0.1) is 0 Å². The second kappa shape index (κ2) is 5.16. The molecule has 0 aromatic heterocycles. The molecule has 1 aromatic carbocycles. The topological polar surface area (TPSA) is 72.2 Å². The van der Waals surface area contributed by atoms with Crippen LogP contribution < -0.4 is 10.5 Å². The Morgan fingerprint density at radius 2 is 2.12 bits per heavy atom. The van der Waals surface area contributed by atoms with Gasteiger partial charge in [0.25, 0.3) is 0 Å². The molecule has 4 nitrogen and oxygen atoms in total. The summed E-state index contributed by atoms with van der Waals surface area (Å²) in [6.07, 6.45) is 3.08. The van der Waals surface area contributed by atoms with Gasteiger partial charge in [-0.1, -0.05) is 18.2 Å². The third kappa shape index (κ3) is 3.28. The monoisotopic (exact) mass is 254 g/mol. The molecule has 0 aliphatic carbocycles. The summed E-state index contributed by atoms with van der Waals surface area (Å²) < 4.78 is 22.9. The molecule has 0 saturated carbocycles. The molecule has 3 N–H and O–H groups in total. The van der Waals surface area contributed by atoms with Gasteiger partial charge >= 0.3 is 0 Å². The number of benzene rings is 1. The Morgan fingerprint density at radius 3 is 2.76 bits per heavy atom. The van der Waals surface area contributed by atoms with Crippen molar-refractivity contribution in [2.45, 2.75) is 24.2 Å². The van der Waals surface area contributed by atoms with Gasteiger partial charge in [-0.25, -0.2) is 13.6 Å². The van der Waals surface area contributed by atoms with E-state index in [2.05, 4.69) is 5.32 Å². The minimum Gasteiger partial charge on any atom is -0.316 e. The van der Waals surface area contributed by atoms with Crippen LogP contribution in [0.25, 0.3) is 0 Å². The molecule has 1 fully saturated rings. The highest BCUT2D eigenvalue weighted by atomic mass is 32.2. The van der Waals surface area contributed by atoms with Crippen LogP contribution in [-0.4, -0.2) is 21.5 Å². The molecule has 1 aromatic rings. The smallest absolute Gasteiger partial charge is 0.238 e. The molecule has 1 aliphatic rings. The lowest BCUT2D eigenvalue weighted by molar-refractivity contribution is 0.374. The molecule has 5 heteroatoms. The average molecular weight is 254 g/mol. The molecule has 1 saturated heterocycles. The summed E-state index contributed by atoms with van der Waals surface area (Å²) in [6.45, 7) is 2.02. The maximum Gasteiger partial charge on any atom is 0.238 e. The standard InChI is InChI=1S/C12H18N2O2S/c13-17(15,16)12-6-2-1-5-11(12)8-10-4-3-7-14-9-10/h1-2,5-6,10,14H,3-4,7-9H2,(H2,13,15,16). The Hall–Kier alpha value is -0.910. The van der Waals surface area contributed by atoms with Crippen molar-refractivity contribution in [1.82, 2.24) is 5.32 Å². The first-order valence-electron chi connectivity index (χ1n) is 5.89. The third-order valence-electron chi connectivity index (χ3n) is 3.19. The second-order valence-electron chi connectivity index (χ2n) is 4.57. The predicted octanol–water partition coefficient (Wildman–Crippen LogP) is 0.876. The van der Waals surface area contributed by atoms with E-state index >= 15 is 0 Å². The molecule has 1 unspecified atom stereocenters. The van der Waals surface area contributed by atoms with E-state index in [-0.39, 0.29) is 4.90 Å². The van der Waals surface area contributed by atoms with E-state index in [0.29, 0.717) is 5.92 Å². The fraction of sp³-hybridized carbons (Fsp3) is 0.500. The highest BCUT2D eigenvalue weighted by molar-refractivity contribution is 7.89. The normalized spacial score (nSPS) is 21.4. The Morgan fingerprint density at radius 1 is 1.35 bits per heavy atom. The first-order chi connectivity index (χ1) is 8.07. The van der Waals surface area contributed by atoms with Crippen LogP contribution in [0, 0.1) is 5.92 Å². The average Bonchev–Trinajstić information content (AvgIpc) is 2.30. The first-order valence-corrected chi connectivity index (χ1v) is 7.43. The molecule has 17 heavy (non-hydrogen) atoms. The highest BCUT2D eigenvalue weighted by Crippen LogP contribution is 2.21. The fourth-order valence-corrected chi connectivity index (χ4v) is 3.14. The quantitative estimate of drug-likeness (QED) is 0.841. The van der Waals surface area contributed by atoms with E-state index < -0.39 is 10.0 Å². The van der Waals surface area contributed by atoms with Crippen LogP contribution in [0.5, 0.6) is 0 Å². The number of nitrogens with two attached hydrogens (primary N) is 1. The van der Waals surface area contributed by atoms with Crippen molar-refractivity contribution in [3.05, 3.63) is 29.8 Å². The molecule has 1 atom stereocenters. The second-order valence-corrected chi connectivity index (χ2v) is 6.10. The number of primary sulfonamides is 1. The number of piperidine rings is 1. The van der Waals surface area contributed by atoms with Crippen molar-refractivity contribution in [2.24, 2.45) is 11.1 Å². The third-order valence-corrected chi connectivity index (χ3v) is 4.20. The summed E-state index contributed by atoms with van der Waals surface area (Å²) in [6, 6.07) is 7.01. The molecule has 0 amide bonds. The lowest BCUT2D eigenvalue weighted by atomic mass is 9.92. The Labute approximate surface area is 102 Å². The number of hydrogen-bond acceptors (Lipinski definition) is 3. The lowest BCUT2D eigenvalue weighted by Gasteiger charge is -2.23. The van der Waals surface area contributed by atoms with Crippen LogP contribution in [-0.2, 0) is 16.4 Å². The molecule has 1 aliphatic heterocycles. The Bertz CT molecular complexity index is 479. The van der Waals surface area contributed by atoms with E-state index in [1.165, 1.54) is 0 Å². The molecule has 2 rings (SSSR count). The molecular formula is C12H18N2O2S. The van der Waals surface area contributed by atoms with E-state index in [1.54, 1.807) is 12.1 Å². The summed E-state index contributed by atoms with van der Waals surface area (Å²) in [5.74, 6) is 0.506. The lowest BCUT2D eigenvalue weighted by Crippen LogP contribution is -2.31. The maximum absolute atomic E-state index is 11.5. The van der Waals surface area contributed by atoms with Gasteiger partial charge < -0.3 is 5.32 Å². The van der Waals surface area contributed by atoms with E-state index in [9.17, 15) is 8.42 Å². The van der Waals surface area contributed by atoms with Crippen LogP contribution in [0.2, 0.25) is 0 Å². The van der Waals surface area contributed by atoms with Gasteiger partial charge in [0, 0.05) is 0 Å². The van der Waals surface area contributed by atoms with Crippen molar-refractivity contribution in [3.63, 3.8) is 0 Å². The number of rotatable bonds is 3. The van der Waals surface area contributed by atoms with Crippen LogP contribution in [0.15, 0.2) is 29.2 Å². The zero-order chi connectivity index (χ0) is 12.3. The molecule has 1 heterocycles.